The highest BCUT2D eigenvalue weighted by Gasteiger charge is 2.30. The molecule has 206 valence electrons. The van der Waals surface area contributed by atoms with Crippen LogP contribution in [0.1, 0.15) is 32.8 Å². The van der Waals surface area contributed by atoms with Gasteiger partial charge in [0.2, 0.25) is 0 Å². The Labute approximate surface area is 237 Å². The van der Waals surface area contributed by atoms with Crippen molar-refractivity contribution in [2.24, 2.45) is 0 Å². The highest BCUT2D eigenvalue weighted by Crippen LogP contribution is 2.31. The minimum absolute atomic E-state index is 0.108. The molecule has 0 aliphatic heterocycles. The summed E-state index contributed by atoms with van der Waals surface area (Å²) in [6, 6.07) is 14.8. The van der Waals surface area contributed by atoms with E-state index in [4.69, 9.17) is 33.0 Å². The van der Waals surface area contributed by atoms with Gasteiger partial charge < -0.3 is 14.4 Å². The quantitative estimate of drug-likeness (QED) is 0.248. The smallest absolute Gasteiger partial charge is 0.327 e. The molecule has 0 aliphatic carbocycles. The monoisotopic (exact) mass is 589 g/mol. The zero-order chi connectivity index (χ0) is 28.4. The summed E-state index contributed by atoms with van der Waals surface area (Å²) < 4.78 is 35.9. The van der Waals surface area contributed by atoms with Crippen LogP contribution in [0.2, 0.25) is 10.0 Å². The van der Waals surface area contributed by atoms with Crippen LogP contribution in [-0.4, -0.2) is 47.8 Å². The maximum absolute atomic E-state index is 13.8. The SMILES string of the molecule is CC(C)(C)OC(=O)CN(c1ccc2c(ccn2-c2cc(CCCO)ccn2)c1)S(=O)(=O)c1cc(Cl)cc(Cl)c1. The molecule has 4 aromatic rings. The van der Waals surface area contributed by atoms with Crippen molar-refractivity contribution < 1.29 is 23.1 Å². The number of nitrogens with zero attached hydrogens (tertiary/aromatic N) is 3. The molecular weight excluding hydrogens is 561 g/mol. The molecule has 1 N–H and O–H groups in total. The Morgan fingerprint density at radius 2 is 1.77 bits per heavy atom. The third-order valence-electron chi connectivity index (χ3n) is 5.76. The van der Waals surface area contributed by atoms with Crippen LogP contribution in [0.5, 0.6) is 0 Å². The first-order valence-electron chi connectivity index (χ1n) is 12.3. The summed E-state index contributed by atoms with van der Waals surface area (Å²) in [5.41, 5.74) is 1.31. The molecule has 2 aromatic heterocycles. The van der Waals surface area contributed by atoms with Gasteiger partial charge in [0.05, 0.1) is 16.1 Å². The van der Waals surface area contributed by atoms with E-state index in [-0.39, 0.29) is 27.2 Å². The maximum Gasteiger partial charge on any atom is 0.327 e. The van der Waals surface area contributed by atoms with Crippen molar-refractivity contribution in [2.45, 2.75) is 44.1 Å². The molecule has 0 radical (unpaired) electrons. The zero-order valence-corrected chi connectivity index (χ0v) is 24.1. The minimum Gasteiger partial charge on any atom is -0.459 e. The van der Waals surface area contributed by atoms with Gasteiger partial charge in [-0.15, -0.1) is 0 Å². The van der Waals surface area contributed by atoms with Crippen molar-refractivity contribution in [3.05, 3.63) is 82.6 Å². The van der Waals surface area contributed by atoms with E-state index in [9.17, 15) is 13.2 Å². The van der Waals surface area contributed by atoms with Crippen LogP contribution in [0.25, 0.3) is 16.7 Å². The Morgan fingerprint density at radius 1 is 1.05 bits per heavy atom. The first-order valence-corrected chi connectivity index (χ1v) is 14.4. The summed E-state index contributed by atoms with van der Waals surface area (Å²) in [6.45, 7) is 4.69. The van der Waals surface area contributed by atoms with E-state index in [0.29, 0.717) is 12.2 Å². The van der Waals surface area contributed by atoms with Crippen molar-refractivity contribution in [1.82, 2.24) is 9.55 Å². The highest BCUT2D eigenvalue weighted by atomic mass is 35.5. The molecule has 0 saturated heterocycles. The summed E-state index contributed by atoms with van der Waals surface area (Å²) in [7, 11) is -4.25. The Morgan fingerprint density at radius 3 is 2.44 bits per heavy atom. The van der Waals surface area contributed by atoms with Crippen LogP contribution in [0.4, 0.5) is 5.69 Å². The third kappa shape index (κ3) is 6.91. The second-order valence-electron chi connectivity index (χ2n) is 9.98. The van der Waals surface area contributed by atoms with Crippen LogP contribution >= 0.6 is 23.2 Å². The van der Waals surface area contributed by atoms with Gasteiger partial charge in [-0.25, -0.2) is 13.4 Å². The van der Waals surface area contributed by atoms with E-state index in [1.807, 2.05) is 29.0 Å². The van der Waals surface area contributed by atoms with Gasteiger partial charge in [0.15, 0.2) is 0 Å². The molecular formula is C28H29Cl2N3O5S. The molecule has 0 atom stereocenters. The lowest BCUT2D eigenvalue weighted by Crippen LogP contribution is -2.39. The minimum atomic E-state index is -4.25. The van der Waals surface area contributed by atoms with Gasteiger partial charge in [0.1, 0.15) is 18.0 Å². The molecule has 0 saturated carbocycles. The Hall–Kier alpha value is -3.11. The predicted octanol–water partition coefficient (Wildman–Crippen LogP) is 5.79. The number of aryl methyl sites for hydroxylation is 1. The fraction of sp³-hybridized carbons (Fsp3) is 0.286. The van der Waals surface area contributed by atoms with E-state index in [2.05, 4.69) is 4.98 Å². The van der Waals surface area contributed by atoms with Crippen molar-refractivity contribution in [3.8, 4) is 5.82 Å². The van der Waals surface area contributed by atoms with Gasteiger partial charge >= 0.3 is 5.97 Å². The number of hydrogen-bond acceptors (Lipinski definition) is 6. The Bertz CT molecular complexity index is 1590. The second-order valence-corrected chi connectivity index (χ2v) is 12.7. The summed E-state index contributed by atoms with van der Waals surface area (Å²) in [5, 5.41) is 10.2. The van der Waals surface area contributed by atoms with Gasteiger partial charge in [-0.3, -0.25) is 9.10 Å². The molecule has 0 fully saturated rings. The number of pyridine rings is 1. The average Bonchev–Trinajstić information content (AvgIpc) is 3.28. The number of carbonyl (C=O) groups excluding carboxylic acids is 1. The predicted molar refractivity (Wildman–Crippen MR) is 153 cm³/mol. The summed E-state index contributed by atoms with van der Waals surface area (Å²) in [6.07, 6.45) is 4.93. The number of aliphatic hydroxyl groups is 1. The Kier molecular flexibility index (Phi) is 8.56. The molecule has 0 spiro atoms. The summed E-state index contributed by atoms with van der Waals surface area (Å²) >= 11 is 12.2. The number of fused-ring (bicyclic) bond motifs is 1. The molecule has 39 heavy (non-hydrogen) atoms. The van der Waals surface area contributed by atoms with Gasteiger partial charge in [-0.05, 0) is 93.8 Å². The lowest BCUT2D eigenvalue weighted by molar-refractivity contribution is -0.152. The highest BCUT2D eigenvalue weighted by molar-refractivity contribution is 7.92. The fourth-order valence-electron chi connectivity index (χ4n) is 4.13. The largest absolute Gasteiger partial charge is 0.459 e. The van der Waals surface area contributed by atoms with E-state index < -0.39 is 28.1 Å². The maximum atomic E-state index is 13.8. The topological polar surface area (TPSA) is 102 Å². The number of carbonyl (C=O) groups is 1. The van der Waals surface area contributed by atoms with Crippen molar-refractivity contribution in [2.75, 3.05) is 17.5 Å². The van der Waals surface area contributed by atoms with Crippen LogP contribution in [0.3, 0.4) is 0 Å². The van der Waals surface area contributed by atoms with E-state index >= 15 is 0 Å². The standard InChI is InChI=1S/C28H29Cl2N3O5S/c1-28(2,3)38-27(35)18-33(39(36,37)24-16-21(29)15-22(30)17-24)23-6-7-25-20(14-23)9-11-32(25)26-13-19(5-4-12-34)8-10-31-26/h6-11,13-17,34H,4-5,12,18H2,1-3H3. The van der Waals surface area contributed by atoms with Gasteiger partial charge in [0.25, 0.3) is 10.0 Å². The van der Waals surface area contributed by atoms with Crippen LogP contribution in [-0.2, 0) is 26.0 Å². The molecule has 0 amide bonds. The zero-order valence-electron chi connectivity index (χ0n) is 21.8. The van der Waals surface area contributed by atoms with Crippen LogP contribution < -0.4 is 4.31 Å². The number of rotatable bonds is 9. The molecule has 0 aliphatic rings. The molecule has 11 heteroatoms. The summed E-state index contributed by atoms with van der Waals surface area (Å²) in [4.78, 5) is 17.1. The lowest BCUT2D eigenvalue weighted by atomic mass is 10.1. The van der Waals surface area contributed by atoms with Gasteiger partial charge in [-0.1, -0.05) is 23.2 Å². The van der Waals surface area contributed by atoms with Crippen molar-refractivity contribution in [3.63, 3.8) is 0 Å². The molecule has 8 nitrogen and oxygen atoms in total. The number of ether oxygens (including phenoxy) is 1. The number of benzene rings is 2. The van der Waals surface area contributed by atoms with Crippen LogP contribution in [0.15, 0.2) is 71.9 Å². The number of aliphatic hydroxyl groups excluding tert-OH is 1. The number of sulfonamides is 1. The number of esters is 1. The average molecular weight is 591 g/mol. The van der Waals surface area contributed by atoms with E-state index in [0.717, 1.165) is 27.2 Å². The molecule has 0 unspecified atom stereocenters. The molecule has 4 rings (SSSR count). The first kappa shape index (κ1) is 28.9. The molecule has 2 heterocycles. The lowest BCUT2D eigenvalue weighted by Gasteiger charge is -2.26. The number of halogens is 2. The number of hydrogen-bond donors (Lipinski definition) is 1. The van der Waals surface area contributed by atoms with E-state index in [1.54, 1.807) is 45.2 Å². The van der Waals surface area contributed by atoms with Crippen LogP contribution in [0, 0.1) is 0 Å². The van der Waals surface area contributed by atoms with E-state index in [1.165, 1.54) is 18.2 Å². The number of anilines is 1. The Balaban J connectivity index is 1.77. The number of aromatic nitrogens is 2. The second kappa shape index (κ2) is 11.6. The first-order chi connectivity index (χ1) is 18.4. The third-order valence-corrected chi connectivity index (χ3v) is 7.95. The van der Waals surface area contributed by atoms with Gasteiger partial charge in [0, 0.05) is 34.4 Å². The summed E-state index contributed by atoms with van der Waals surface area (Å²) in [5.74, 6) is -0.0132. The normalized spacial score (nSPS) is 12.1. The molecule has 2 aromatic carbocycles. The van der Waals surface area contributed by atoms with Crippen molar-refractivity contribution in [1.29, 1.82) is 0 Å². The molecule has 0 bridgehead atoms. The van der Waals surface area contributed by atoms with Gasteiger partial charge in [-0.2, -0.15) is 0 Å². The fourth-order valence-corrected chi connectivity index (χ4v) is 6.25. The van der Waals surface area contributed by atoms with Crippen molar-refractivity contribution >= 4 is 55.8 Å².